The third-order valence-electron chi connectivity index (χ3n) is 3.84. The fraction of sp³-hybridized carbons (Fsp3) is 0.312. The number of anilines is 2. The Hall–Kier alpha value is -2.68. The van der Waals surface area contributed by atoms with Crippen molar-refractivity contribution >= 4 is 27.6 Å². The van der Waals surface area contributed by atoms with Crippen molar-refractivity contribution in [1.82, 2.24) is 14.9 Å². The summed E-state index contributed by atoms with van der Waals surface area (Å²) < 4.78 is 24.8. The molecule has 1 N–H and O–H groups in total. The van der Waals surface area contributed by atoms with Gasteiger partial charge in [0.1, 0.15) is 0 Å². The van der Waals surface area contributed by atoms with Gasteiger partial charge in [0.2, 0.25) is 16.0 Å². The van der Waals surface area contributed by atoms with E-state index in [1.807, 2.05) is 4.90 Å². The summed E-state index contributed by atoms with van der Waals surface area (Å²) in [6.07, 6.45) is 4.49. The van der Waals surface area contributed by atoms with Crippen LogP contribution in [0.2, 0.25) is 0 Å². The van der Waals surface area contributed by atoms with Crippen molar-refractivity contribution in [2.24, 2.45) is 0 Å². The Morgan fingerprint density at radius 2 is 1.64 bits per heavy atom. The van der Waals surface area contributed by atoms with Gasteiger partial charge < -0.3 is 9.80 Å². The Labute approximate surface area is 146 Å². The van der Waals surface area contributed by atoms with Gasteiger partial charge >= 0.3 is 0 Å². The van der Waals surface area contributed by atoms with Crippen molar-refractivity contribution in [2.45, 2.75) is 0 Å². The molecule has 0 bridgehead atoms. The maximum absolute atomic E-state index is 12.6. The second kappa shape index (κ2) is 7.06. The maximum atomic E-state index is 12.6. The molecule has 1 aliphatic heterocycles. The molecule has 0 spiro atoms. The minimum Gasteiger partial charge on any atom is -0.337 e. The van der Waals surface area contributed by atoms with Crippen LogP contribution in [-0.2, 0) is 10.0 Å². The number of hydrogen-bond donors (Lipinski definition) is 1. The maximum Gasteiger partial charge on any atom is 0.253 e. The molecule has 1 aromatic heterocycles. The van der Waals surface area contributed by atoms with E-state index in [0.717, 1.165) is 6.26 Å². The fourth-order valence-electron chi connectivity index (χ4n) is 2.64. The summed E-state index contributed by atoms with van der Waals surface area (Å²) in [5, 5.41) is 0. The Morgan fingerprint density at radius 1 is 1.04 bits per heavy atom. The van der Waals surface area contributed by atoms with Crippen LogP contribution in [0.3, 0.4) is 0 Å². The van der Waals surface area contributed by atoms with E-state index in [2.05, 4.69) is 14.7 Å². The molecule has 8 nitrogen and oxygen atoms in total. The molecule has 9 heteroatoms. The van der Waals surface area contributed by atoms with Crippen LogP contribution in [-0.4, -0.2) is 61.6 Å². The number of nitrogens with one attached hydrogen (secondary N) is 1. The standard InChI is InChI=1S/C16H19N5O3S/c1-25(23,24)19-14-5-3-13(4-6-14)15(22)20-9-11-21(12-10-20)16-17-7-2-8-18-16/h2-8,19H,9-12H2,1H3. The quantitative estimate of drug-likeness (QED) is 0.866. The van der Waals surface area contributed by atoms with Crippen LogP contribution >= 0.6 is 0 Å². The molecule has 1 fully saturated rings. The topological polar surface area (TPSA) is 95.5 Å². The van der Waals surface area contributed by atoms with Gasteiger partial charge in [-0.15, -0.1) is 0 Å². The van der Waals surface area contributed by atoms with E-state index in [0.29, 0.717) is 43.4 Å². The lowest BCUT2D eigenvalue weighted by Gasteiger charge is -2.34. The third-order valence-corrected chi connectivity index (χ3v) is 4.44. The highest BCUT2D eigenvalue weighted by atomic mass is 32.2. The average molecular weight is 361 g/mol. The van der Waals surface area contributed by atoms with Crippen LogP contribution in [0.5, 0.6) is 0 Å². The summed E-state index contributed by atoms with van der Waals surface area (Å²) >= 11 is 0. The number of amides is 1. The molecule has 1 amide bonds. The predicted molar refractivity (Wildman–Crippen MR) is 95.1 cm³/mol. The molecular formula is C16H19N5O3S. The van der Waals surface area contributed by atoms with Crippen molar-refractivity contribution in [3.8, 4) is 0 Å². The number of carbonyl (C=O) groups excluding carboxylic acids is 1. The minimum absolute atomic E-state index is 0.0699. The second-order valence-electron chi connectivity index (χ2n) is 5.78. The van der Waals surface area contributed by atoms with Gasteiger partial charge in [-0.1, -0.05) is 0 Å². The van der Waals surface area contributed by atoms with Crippen LogP contribution in [0, 0.1) is 0 Å². The zero-order valence-corrected chi connectivity index (χ0v) is 14.6. The van der Waals surface area contributed by atoms with E-state index < -0.39 is 10.0 Å². The number of aromatic nitrogens is 2. The number of benzene rings is 1. The molecule has 1 saturated heterocycles. The molecule has 0 aliphatic carbocycles. The molecule has 1 aromatic carbocycles. The van der Waals surface area contributed by atoms with Crippen LogP contribution in [0.25, 0.3) is 0 Å². The highest BCUT2D eigenvalue weighted by Crippen LogP contribution is 2.15. The molecule has 0 unspecified atom stereocenters. The summed E-state index contributed by atoms with van der Waals surface area (Å²) in [5.74, 6) is 0.602. The van der Waals surface area contributed by atoms with Crippen LogP contribution in [0.4, 0.5) is 11.6 Å². The number of rotatable bonds is 4. The third kappa shape index (κ3) is 4.44. The smallest absolute Gasteiger partial charge is 0.253 e. The first-order valence-electron chi connectivity index (χ1n) is 7.81. The molecule has 0 radical (unpaired) electrons. The first kappa shape index (κ1) is 17.2. The Kier molecular flexibility index (Phi) is 4.84. The SMILES string of the molecule is CS(=O)(=O)Nc1ccc(C(=O)N2CCN(c3ncccn3)CC2)cc1. The van der Waals surface area contributed by atoms with Crippen molar-refractivity contribution < 1.29 is 13.2 Å². The van der Waals surface area contributed by atoms with Crippen LogP contribution < -0.4 is 9.62 Å². The number of sulfonamides is 1. The van der Waals surface area contributed by atoms with E-state index in [1.165, 1.54) is 0 Å². The number of piperazine rings is 1. The zero-order valence-electron chi connectivity index (χ0n) is 13.8. The van der Waals surface area contributed by atoms with Crippen LogP contribution in [0.15, 0.2) is 42.7 Å². The monoisotopic (exact) mass is 361 g/mol. The molecular weight excluding hydrogens is 342 g/mol. The summed E-state index contributed by atoms with van der Waals surface area (Å²) in [6, 6.07) is 8.20. The van der Waals surface area contributed by atoms with Crippen molar-refractivity contribution in [2.75, 3.05) is 42.1 Å². The highest BCUT2D eigenvalue weighted by Gasteiger charge is 2.23. The first-order valence-corrected chi connectivity index (χ1v) is 9.71. The average Bonchev–Trinajstić information content (AvgIpc) is 2.61. The Bertz CT molecular complexity index is 832. The lowest BCUT2D eigenvalue weighted by atomic mass is 10.1. The summed E-state index contributed by atoms with van der Waals surface area (Å²) in [7, 11) is -3.33. The minimum atomic E-state index is -3.33. The largest absolute Gasteiger partial charge is 0.337 e. The number of hydrogen-bond acceptors (Lipinski definition) is 6. The van der Waals surface area contributed by atoms with Gasteiger partial charge in [0.15, 0.2) is 0 Å². The molecule has 25 heavy (non-hydrogen) atoms. The van der Waals surface area contributed by atoms with E-state index >= 15 is 0 Å². The summed E-state index contributed by atoms with van der Waals surface area (Å²) in [6.45, 7) is 2.51. The molecule has 0 atom stereocenters. The number of carbonyl (C=O) groups is 1. The molecule has 132 valence electrons. The number of nitrogens with zero attached hydrogens (tertiary/aromatic N) is 4. The lowest BCUT2D eigenvalue weighted by molar-refractivity contribution is 0.0746. The lowest BCUT2D eigenvalue weighted by Crippen LogP contribution is -2.49. The highest BCUT2D eigenvalue weighted by molar-refractivity contribution is 7.92. The van der Waals surface area contributed by atoms with E-state index in [9.17, 15) is 13.2 Å². The van der Waals surface area contributed by atoms with E-state index in [1.54, 1.807) is 47.6 Å². The van der Waals surface area contributed by atoms with Gasteiger partial charge in [-0.05, 0) is 30.3 Å². The zero-order chi connectivity index (χ0) is 17.9. The summed E-state index contributed by atoms with van der Waals surface area (Å²) in [5.41, 5.74) is 0.966. The fourth-order valence-corrected chi connectivity index (χ4v) is 3.21. The van der Waals surface area contributed by atoms with Gasteiger partial charge in [-0.3, -0.25) is 9.52 Å². The van der Waals surface area contributed by atoms with Gasteiger partial charge in [0, 0.05) is 49.8 Å². The molecule has 2 heterocycles. The first-order chi connectivity index (χ1) is 11.9. The molecule has 1 aliphatic rings. The molecule has 0 saturated carbocycles. The van der Waals surface area contributed by atoms with Gasteiger partial charge in [-0.2, -0.15) is 0 Å². The molecule has 3 rings (SSSR count). The predicted octanol–water partition coefficient (Wildman–Crippen LogP) is 0.810. The summed E-state index contributed by atoms with van der Waals surface area (Å²) in [4.78, 5) is 24.8. The van der Waals surface area contributed by atoms with Crippen molar-refractivity contribution in [3.63, 3.8) is 0 Å². The normalized spacial score (nSPS) is 15.1. The van der Waals surface area contributed by atoms with E-state index in [4.69, 9.17) is 0 Å². The molecule has 2 aromatic rings. The van der Waals surface area contributed by atoms with Crippen molar-refractivity contribution in [1.29, 1.82) is 0 Å². The Morgan fingerprint density at radius 3 is 2.20 bits per heavy atom. The second-order valence-corrected chi connectivity index (χ2v) is 7.53. The van der Waals surface area contributed by atoms with E-state index in [-0.39, 0.29) is 5.91 Å². The van der Waals surface area contributed by atoms with Gasteiger partial charge in [0.05, 0.1) is 6.26 Å². The van der Waals surface area contributed by atoms with Gasteiger partial charge in [-0.25, -0.2) is 18.4 Å². The van der Waals surface area contributed by atoms with Gasteiger partial charge in [0.25, 0.3) is 5.91 Å². The van der Waals surface area contributed by atoms with Crippen molar-refractivity contribution in [3.05, 3.63) is 48.3 Å². The van der Waals surface area contributed by atoms with Crippen LogP contribution in [0.1, 0.15) is 10.4 Å². The Balaban J connectivity index is 1.61.